The second-order valence-electron chi connectivity index (χ2n) is 7.49. The van der Waals surface area contributed by atoms with Crippen molar-refractivity contribution in [3.63, 3.8) is 0 Å². The first-order valence-electron chi connectivity index (χ1n) is 9.40. The standard InChI is InChI=1S/C22H27NO3/c1-13-11-19(22(25)26)15(3)14(2)18(13)12-17-9-10-20(24)21(23-17)16-7-5-4-6-8-16/h9-11,16,24H,4-8,12H2,1-3H3,(H,25,26). The van der Waals surface area contributed by atoms with Crippen molar-refractivity contribution in [2.45, 2.75) is 65.2 Å². The van der Waals surface area contributed by atoms with Crippen LogP contribution in [0.4, 0.5) is 0 Å². The van der Waals surface area contributed by atoms with Crippen LogP contribution in [0.15, 0.2) is 18.2 Å². The lowest BCUT2D eigenvalue weighted by molar-refractivity contribution is 0.0696. The molecule has 3 rings (SSSR count). The minimum atomic E-state index is -0.886. The van der Waals surface area contributed by atoms with Gasteiger partial charge in [0.05, 0.1) is 11.3 Å². The van der Waals surface area contributed by atoms with Gasteiger partial charge in [-0.2, -0.15) is 0 Å². The quantitative estimate of drug-likeness (QED) is 0.807. The maximum atomic E-state index is 11.4. The summed E-state index contributed by atoms with van der Waals surface area (Å²) in [7, 11) is 0. The first-order valence-corrected chi connectivity index (χ1v) is 9.40. The van der Waals surface area contributed by atoms with E-state index in [1.165, 1.54) is 19.3 Å². The van der Waals surface area contributed by atoms with Crippen LogP contribution in [0, 0.1) is 20.8 Å². The smallest absolute Gasteiger partial charge is 0.335 e. The molecule has 0 atom stereocenters. The summed E-state index contributed by atoms with van der Waals surface area (Å²) in [6.45, 7) is 5.79. The van der Waals surface area contributed by atoms with Gasteiger partial charge in [-0.05, 0) is 74.1 Å². The number of hydrogen-bond donors (Lipinski definition) is 2. The first kappa shape index (κ1) is 18.4. The molecule has 4 heteroatoms. The molecule has 0 radical (unpaired) electrons. The molecule has 0 unspecified atom stereocenters. The Hall–Kier alpha value is -2.36. The van der Waals surface area contributed by atoms with Gasteiger partial charge < -0.3 is 10.2 Å². The van der Waals surface area contributed by atoms with Gasteiger partial charge in [-0.25, -0.2) is 4.79 Å². The maximum absolute atomic E-state index is 11.4. The maximum Gasteiger partial charge on any atom is 0.335 e. The van der Waals surface area contributed by atoms with Gasteiger partial charge in [0.1, 0.15) is 5.75 Å². The number of pyridine rings is 1. The molecule has 0 saturated heterocycles. The van der Waals surface area contributed by atoms with Crippen molar-refractivity contribution < 1.29 is 15.0 Å². The molecule has 1 aliphatic rings. The zero-order valence-electron chi connectivity index (χ0n) is 15.8. The molecule has 4 nitrogen and oxygen atoms in total. The van der Waals surface area contributed by atoms with E-state index in [1.807, 2.05) is 26.8 Å². The molecule has 1 saturated carbocycles. The van der Waals surface area contributed by atoms with Gasteiger partial charge in [0, 0.05) is 18.0 Å². The van der Waals surface area contributed by atoms with Crippen LogP contribution >= 0.6 is 0 Å². The van der Waals surface area contributed by atoms with E-state index in [4.69, 9.17) is 4.98 Å². The van der Waals surface area contributed by atoms with Crippen LogP contribution in [0.5, 0.6) is 5.75 Å². The summed E-state index contributed by atoms with van der Waals surface area (Å²) < 4.78 is 0. The number of carboxylic acids is 1. The van der Waals surface area contributed by atoms with Crippen molar-refractivity contribution >= 4 is 5.97 Å². The molecule has 1 aliphatic carbocycles. The Morgan fingerprint density at radius 2 is 1.81 bits per heavy atom. The number of rotatable bonds is 4. The van der Waals surface area contributed by atoms with Gasteiger partial charge in [0.2, 0.25) is 0 Å². The zero-order valence-corrected chi connectivity index (χ0v) is 15.8. The van der Waals surface area contributed by atoms with Crippen molar-refractivity contribution in [1.29, 1.82) is 0 Å². The summed E-state index contributed by atoms with van der Waals surface area (Å²) in [6.07, 6.45) is 6.50. The molecule has 0 aliphatic heterocycles. The predicted molar refractivity (Wildman–Crippen MR) is 102 cm³/mol. The highest BCUT2D eigenvalue weighted by molar-refractivity contribution is 5.90. The minimum absolute atomic E-state index is 0.298. The van der Waals surface area contributed by atoms with E-state index in [-0.39, 0.29) is 0 Å². The minimum Gasteiger partial charge on any atom is -0.506 e. The van der Waals surface area contributed by atoms with Crippen LogP contribution in [0.2, 0.25) is 0 Å². The average molecular weight is 353 g/mol. The third-order valence-electron chi connectivity index (χ3n) is 5.80. The fourth-order valence-corrected chi connectivity index (χ4v) is 4.10. The second-order valence-corrected chi connectivity index (χ2v) is 7.49. The summed E-state index contributed by atoms with van der Waals surface area (Å²) in [5.41, 5.74) is 6.04. The second kappa shape index (κ2) is 7.48. The normalized spacial score (nSPS) is 15.2. The van der Waals surface area contributed by atoms with E-state index < -0.39 is 5.97 Å². The SMILES string of the molecule is Cc1cc(C(=O)O)c(C)c(C)c1Cc1ccc(O)c(C2CCCCC2)n1. The Morgan fingerprint density at radius 3 is 2.46 bits per heavy atom. The molecule has 1 fully saturated rings. The molecule has 1 heterocycles. The van der Waals surface area contributed by atoms with E-state index in [1.54, 1.807) is 12.1 Å². The number of benzene rings is 1. The van der Waals surface area contributed by atoms with E-state index in [2.05, 4.69) is 0 Å². The third kappa shape index (κ3) is 3.59. The Balaban J connectivity index is 1.94. The van der Waals surface area contributed by atoms with E-state index >= 15 is 0 Å². The van der Waals surface area contributed by atoms with Gasteiger partial charge in [-0.1, -0.05) is 19.3 Å². The van der Waals surface area contributed by atoms with Crippen molar-refractivity contribution in [3.8, 4) is 5.75 Å². The molecule has 2 aromatic rings. The van der Waals surface area contributed by atoms with Crippen molar-refractivity contribution in [3.05, 3.63) is 57.4 Å². The van der Waals surface area contributed by atoms with Gasteiger partial charge in [-0.15, -0.1) is 0 Å². The Labute approximate surface area is 154 Å². The summed E-state index contributed by atoms with van der Waals surface area (Å²) in [4.78, 5) is 16.2. The number of aromatic nitrogens is 1. The van der Waals surface area contributed by atoms with Crippen molar-refractivity contribution in [2.24, 2.45) is 0 Å². The number of nitrogens with zero attached hydrogens (tertiary/aromatic N) is 1. The molecular weight excluding hydrogens is 326 g/mol. The Kier molecular flexibility index (Phi) is 5.30. The highest BCUT2D eigenvalue weighted by Crippen LogP contribution is 2.36. The van der Waals surface area contributed by atoms with E-state index in [9.17, 15) is 15.0 Å². The van der Waals surface area contributed by atoms with Gasteiger partial charge in [-0.3, -0.25) is 4.98 Å². The highest BCUT2D eigenvalue weighted by Gasteiger charge is 2.21. The molecule has 0 amide bonds. The van der Waals surface area contributed by atoms with Crippen LogP contribution in [-0.4, -0.2) is 21.2 Å². The summed E-state index contributed by atoms with van der Waals surface area (Å²) >= 11 is 0. The summed E-state index contributed by atoms with van der Waals surface area (Å²) in [5.74, 6) is -0.240. The molecule has 1 aromatic carbocycles. The van der Waals surface area contributed by atoms with Crippen LogP contribution in [0.1, 0.15) is 82.0 Å². The van der Waals surface area contributed by atoms with Gasteiger partial charge >= 0.3 is 5.97 Å². The van der Waals surface area contributed by atoms with Crippen molar-refractivity contribution in [1.82, 2.24) is 4.98 Å². The fourth-order valence-electron chi connectivity index (χ4n) is 4.10. The van der Waals surface area contributed by atoms with Crippen LogP contribution < -0.4 is 0 Å². The number of aryl methyl sites for hydroxylation is 1. The van der Waals surface area contributed by atoms with Crippen LogP contribution in [0.25, 0.3) is 0 Å². The number of aromatic carboxylic acids is 1. The van der Waals surface area contributed by atoms with E-state index in [0.29, 0.717) is 23.7 Å². The lowest BCUT2D eigenvalue weighted by Gasteiger charge is -2.22. The molecule has 26 heavy (non-hydrogen) atoms. The van der Waals surface area contributed by atoms with Gasteiger partial charge in [0.15, 0.2) is 0 Å². The zero-order chi connectivity index (χ0) is 18.8. The average Bonchev–Trinajstić information content (AvgIpc) is 2.63. The molecule has 0 spiro atoms. The number of carboxylic acid groups (broad SMARTS) is 1. The van der Waals surface area contributed by atoms with Crippen LogP contribution in [0.3, 0.4) is 0 Å². The Morgan fingerprint density at radius 1 is 1.12 bits per heavy atom. The first-order chi connectivity index (χ1) is 12.4. The third-order valence-corrected chi connectivity index (χ3v) is 5.80. The summed E-state index contributed by atoms with van der Waals surface area (Å²) in [5, 5.41) is 19.6. The molecule has 138 valence electrons. The fraction of sp³-hybridized carbons (Fsp3) is 0.455. The monoisotopic (exact) mass is 353 g/mol. The van der Waals surface area contributed by atoms with Crippen molar-refractivity contribution in [2.75, 3.05) is 0 Å². The lowest BCUT2D eigenvalue weighted by Crippen LogP contribution is -2.10. The highest BCUT2D eigenvalue weighted by atomic mass is 16.4. The van der Waals surface area contributed by atoms with Crippen LogP contribution in [-0.2, 0) is 6.42 Å². The lowest BCUT2D eigenvalue weighted by atomic mass is 9.86. The number of carbonyl (C=O) groups is 1. The largest absolute Gasteiger partial charge is 0.506 e. The summed E-state index contributed by atoms with van der Waals surface area (Å²) in [6, 6.07) is 5.39. The molecule has 2 N–H and O–H groups in total. The van der Waals surface area contributed by atoms with E-state index in [0.717, 1.165) is 46.5 Å². The number of aromatic hydroxyl groups is 1. The number of hydrogen-bond acceptors (Lipinski definition) is 3. The topological polar surface area (TPSA) is 70.4 Å². The molecule has 0 bridgehead atoms. The van der Waals surface area contributed by atoms with Gasteiger partial charge in [0.25, 0.3) is 0 Å². The molecule has 1 aromatic heterocycles. The molecular formula is C22H27NO3. The predicted octanol–water partition coefficient (Wildman–Crippen LogP) is 5.05. The Bertz CT molecular complexity index is 836.